The van der Waals surface area contributed by atoms with Crippen LogP contribution in [0, 0.1) is 19.8 Å². The maximum atomic E-state index is 14.0. The van der Waals surface area contributed by atoms with Crippen LogP contribution in [0.2, 0.25) is 0 Å². The second-order valence-electron chi connectivity index (χ2n) is 13.2. The average Bonchev–Trinajstić information content (AvgIpc) is 2.97. The molecular weight excluding hydrogens is 530 g/mol. The number of nitrogens with one attached hydrogen (secondary N) is 1. The predicted octanol–water partition coefficient (Wildman–Crippen LogP) is 5.22. The van der Waals surface area contributed by atoms with E-state index in [1.54, 1.807) is 0 Å². The first-order valence-electron chi connectivity index (χ1n) is 16.5. The molecule has 1 aliphatic rings. The first-order valence-corrected chi connectivity index (χ1v) is 16.5. The Bertz CT molecular complexity index is 1310. The number of piperazine rings is 1. The Balaban J connectivity index is 1.49. The van der Waals surface area contributed by atoms with Gasteiger partial charge in [0, 0.05) is 50.8 Å². The van der Waals surface area contributed by atoms with Crippen molar-refractivity contribution in [3.05, 3.63) is 82.9 Å². The van der Waals surface area contributed by atoms with E-state index in [0.717, 1.165) is 70.4 Å². The van der Waals surface area contributed by atoms with Crippen LogP contribution < -0.4 is 16.8 Å². The van der Waals surface area contributed by atoms with Gasteiger partial charge in [0.2, 0.25) is 5.91 Å². The minimum atomic E-state index is 0.0506. The lowest BCUT2D eigenvalue weighted by atomic mass is 9.93. The quantitative estimate of drug-likeness (QED) is 0.213. The topological polar surface area (TPSA) is 87.6 Å². The van der Waals surface area contributed by atoms with E-state index in [0.29, 0.717) is 24.9 Å². The molecule has 6 heteroatoms. The Hall–Kier alpha value is -2.77. The van der Waals surface area contributed by atoms with Crippen molar-refractivity contribution in [2.24, 2.45) is 17.4 Å². The molecule has 0 radical (unpaired) electrons. The molecule has 3 aromatic rings. The minimum absolute atomic E-state index is 0.0506. The van der Waals surface area contributed by atoms with Crippen LogP contribution in [0.4, 0.5) is 0 Å². The molecule has 1 amide bonds. The fourth-order valence-electron chi connectivity index (χ4n) is 6.76. The summed E-state index contributed by atoms with van der Waals surface area (Å²) in [5.74, 6) is 0.756. The third kappa shape index (κ3) is 9.87. The maximum absolute atomic E-state index is 14.0. The van der Waals surface area contributed by atoms with E-state index in [2.05, 4.69) is 103 Å². The lowest BCUT2D eigenvalue weighted by Gasteiger charge is -2.48. The van der Waals surface area contributed by atoms with E-state index in [1.165, 1.54) is 27.5 Å². The monoisotopic (exact) mass is 585 g/mol. The average molecular weight is 586 g/mol. The molecule has 1 unspecified atom stereocenters. The molecule has 43 heavy (non-hydrogen) atoms. The zero-order chi connectivity index (χ0) is 30.8. The summed E-state index contributed by atoms with van der Waals surface area (Å²) in [6.07, 6.45) is 5.61. The highest BCUT2D eigenvalue weighted by Crippen LogP contribution is 2.26. The van der Waals surface area contributed by atoms with E-state index < -0.39 is 0 Å². The molecule has 1 fully saturated rings. The Labute approximate surface area is 260 Å². The highest BCUT2D eigenvalue weighted by molar-refractivity contribution is 5.85. The minimum Gasteiger partial charge on any atom is -0.337 e. The number of unbranched alkanes of at least 4 members (excludes halogenated alkanes) is 1. The van der Waals surface area contributed by atoms with Gasteiger partial charge in [0.25, 0.3) is 0 Å². The van der Waals surface area contributed by atoms with Gasteiger partial charge in [-0.25, -0.2) is 0 Å². The van der Waals surface area contributed by atoms with Crippen molar-refractivity contribution in [2.45, 2.75) is 84.3 Å². The van der Waals surface area contributed by atoms with Gasteiger partial charge in [-0.2, -0.15) is 0 Å². The number of benzene rings is 3. The normalized spacial score (nSPS) is 18.4. The first-order chi connectivity index (χ1) is 20.7. The molecule has 0 aliphatic carbocycles. The van der Waals surface area contributed by atoms with Crippen LogP contribution >= 0.6 is 0 Å². The molecule has 0 aromatic heterocycles. The van der Waals surface area contributed by atoms with E-state index in [9.17, 15) is 4.79 Å². The molecule has 6 nitrogen and oxygen atoms in total. The van der Waals surface area contributed by atoms with Gasteiger partial charge in [0.15, 0.2) is 0 Å². The van der Waals surface area contributed by atoms with Crippen LogP contribution in [0.1, 0.15) is 61.8 Å². The number of rotatable bonds is 15. The summed E-state index contributed by atoms with van der Waals surface area (Å²) in [6.45, 7) is 13.9. The van der Waals surface area contributed by atoms with Crippen molar-refractivity contribution in [1.29, 1.82) is 0 Å². The summed E-state index contributed by atoms with van der Waals surface area (Å²) >= 11 is 0. The Morgan fingerprint density at radius 1 is 0.953 bits per heavy atom. The Morgan fingerprint density at radius 3 is 2.49 bits per heavy atom. The van der Waals surface area contributed by atoms with Gasteiger partial charge < -0.3 is 21.7 Å². The van der Waals surface area contributed by atoms with Gasteiger partial charge in [-0.1, -0.05) is 86.5 Å². The number of hydrogen-bond donors (Lipinski definition) is 3. The zero-order valence-electron chi connectivity index (χ0n) is 27.0. The SMILES string of the molecule is Cc1ccc(C[C@@H](N)CN2C[C@@H](CC(C)C)N(C(=O)Cc3ccc4ccccc4c3)CC2CCCCNCCN)c(C)c1. The number of amides is 1. The Morgan fingerprint density at radius 2 is 1.74 bits per heavy atom. The zero-order valence-corrected chi connectivity index (χ0v) is 27.0. The molecule has 0 bridgehead atoms. The highest BCUT2D eigenvalue weighted by Gasteiger charge is 2.36. The van der Waals surface area contributed by atoms with Gasteiger partial charge in [0.1, 0.15) is 0 Å². The summed E-state index contributed by atoms with van der Waals surface area (Å²) in [7, 11) is 0. The van der Waals surface area contributed by atoms with Crippen LogP contribution in [0.15, 0.2) is 60.7 Å². The molecule has 3 aromatic carbocycles. The predicted molar refractivity (Wildman–Crippen MR) is 181 cm³/mol. The molecule has 1 aliphatic heterocycles. The smallest absolute Gasteiger partial charge is 0.227 e. The summed E-state index contributed by atoms with van der Waals surface area (Å²) < 4.78 is 0. The van der Waals surface area contributed by atoms with Gasteiger partial charge in [0.05, 0.1) is 6.42 Å². The van der Waals surface area contributed by atoms with Crippen molar-refractivity contribution >= 4 is 16.7 Å². The van der Waals surface area contributed by atoms with Gasteiger partial charge in [-0.05, 0) is 79.5 Å². The van der Waals surface area contributed by atoms with E-state index in [1.807, 2.05) is 0 Å². The molecule has 1 saturated heterocycles. The fourth-order valence-corrected chi connectivity index (χ4v) is 6.76. The van der Waals surface area contributed by atoms with Crippen molar-refractivity contribution in [1.82, 2.24) is 15.1 Å². The maximum Gasteiger partial charge on any atom is 0.227 e. The first kappa shape index (κ1) is 33.1. The largest absolute Gasteiger partial charge is 0.337 e. The number of nitrogens with zero attached hydrogens (tertiary/aromatic N) is 2. The van der Waals surface area contributed by atoms with Crippen LogP contribution in [0.5, 0.6) is 0 Å². The fraction of sp³-hybridized carbons (Fsp3) is 0.541. The molecule has 0 saturated carbocycles. The number of nitrogens with two attached hydrogens (primary N) is 2. The molecule has 0 spiro atoms. The summed E-state index contributed by atoms with van der Waals surface area (Å²) in [4.78, 5) is 18.8. The lowest BCUT2D eigenvalue weighted by molar-refractivity contribution is -0.138. The van der Waals surface area contributed by atoms with Crippen LogP contribution in [-0.2, 0) is 17.6 Å². The number of aryl methyl sites for hydroxylation is 2. The summed E-state index contributed by atoms with van der Waals surface area (Å²) in [5, 5.41) is 5.83. The molecule has 5 N–H and O–H groups in total. The summed E-state index contributed by atoms with van der Waals surface area (Å²) in [5.41, 5.74) is 17.5. The number of hydrogen-bond acceptors (Lipinski definition) is 5. The highest BCUT2D eigenvalue weighted by atomic mass is 16.2. The Kier molecular flexibility index (Phi) is 12.6. The van der Waals surface area contributed by atoms with Crippen molar-refractivity contribution in [2.75, 3.05) is 39.3 Å². The van der Waals surface area contributed by atoms with Crippen LogP contribution in [0.3, 0.4) is 0 Å². The van der Waals surface area contributed by atoms with Gasteiger partial charge >= 0.3 is 0 Å². The van der Waals surface area contributed by atoms with E-state index >= 15 is 0 Å². The number of fused-ring (bicyclic) bond motifs is 1. The van der Waals surface area contributed by atoms with Crippen molar-refractivity contribution < 1.29 is 4.79 Å². The molecule has 1 heterocycles. The number of carbonyl (C=O) groups is 1. The standard InChI is InChI=1S/C37H55N5O/c1-27(2)19-36-25-41(24-34(39)23-32-14-12-28(3)20-29(32)4)35(11-7-8-17-40-18-16-38)26-42(36)37(43)22-30-13-15-31-9-5-6-10-33(31)21-30/h5-6,9-10,12-15,20-21,27,34-36,40H,7-8,11,16-19,22-26,38-39H2,1-4H3/t34-,35?,36-/m1/s1. The molecule has 234 valence electrons. The van der Waals surface area contributed by atoms with Crippen molar-refractivity contribution in [3.8, 4) is 0 Å². The third-order valence-electron chi connectivity index (χ3n) is 8.95. The van der Waals surface area contributed by atoms with E-state index in [-0.39, 0.29) is 18.0 Å². The van der Waals surface area contributed by atoms with Crippen molar-refractivity contribution in [3.63, 3.8) is 0 Å². The molecule has 3 atom stereocenters. The third-order valence-corrected chi connectivity index (χ3v) is 8.95. The van der Waals surface area contributed by atoms with E-state index in [4.69, 9.17) is 11.5 Å². The molecule has 4 rings (SSSR count). The lowest BCUT2D eigenvalue weighted by Crippen LogP contribution is -2.62. The number of carbonyl (C=O) groups excluding carboxylic acids is 1. The van der Waals surface area contributed by atoms with Gasteiger partial charge in [-0.15, -0.1) is 0 Å². The second-order valence-corrected chi connectivity index (χ2v) is 13.2. The van der Waals surface area contributed by atoms with Gasteiger partial charge in [-0.3, -0.25) is 9.69 Å². The second kappa shape index (κ2) is 16.3. The summed E-state index contributed by atoms with van der Waals surface area (Å²) in [6, 6.07) is 22.0. The van der Waals surface area contributed by atoms with Crippen LogP contribution in [-0.4, -0.2) is 73.1 Å². The molecular formula is C37H55N5O. The van der Waals surface area contributed by atoms with Crippen LogP contribution in [0.25, 0.3) is 10.8 Å².